The smallest absolute Gasteiger partial charge is 0.255 e. The minimum Gasteiger partial charge on any atom is -0.382 e. The van der Waals surface area contributed by atoms with E-state index in [1.54, 1.807) is 11.0 Å². The number of rotatable bonds is 18. The first-order valence-corrected chi connectivity index (χ1v) is 14.3. The maximum Gasteiger partial charge on any atom is 0.255 e. The lowest BCUT2D eigenvalue weighted by Gasteiger charge is -2.29. The summed E-state index contributed by atoms with van der Waals surface area (Å²) in [7, 11) is 0. The minimum absolute atomic E-state index is 0.185. The number of piperidine rings is 2. The molecule has 1 unspecified atom stereocenters. The van der Waals surface area contributed by atoms with Crippen molar-refractivity contribution in [2.75, 3.05) is 84.4 Å². The van der Waals surface area contributed by atoms with Crippen LogP contribution in [0.4, 0.5) is 5.69 Å². The fourth-order valence-corrected chi connectivity index (χ4v) is 5.01. The van der Waals surface area contributed by atoms with Crippen LogP contribution in [0, 0.1) is 0 Å². The first-order valence-electron chi connectivity index (χ1n) is 14.3. The average Bonchev–Trinajstić information content (AvgIpc) is 3.30. The molecular weight excluding hydrogens is 520 g/mol. The zero-order valence-electron chi connectivity index (χ0n) is 23.1. The highest BCUT2D eigenvalue weighted by molar-refractivity contribution is 6.06. The van der Waals surface area contributed by atoms with E-state index in [0.717, 1.165) is 37.2 Å². The van der Waals surface area contributed by atoms with Gasteiger partial charge in [-0.3, -0.25) is 19.7 Å². The Morgan fingerprint density at radius 2 is 1.48 bits per heavy atom. The van der Waals surface area contributed by atoms with E-state index < -0.39 is 11.9 Å². The fourth-order valence-electron chi connectivity index (χ4n) is 5.01. The number of ether oxygens (including phenoxy) is 5. The molecule has 3 aliphatic heterocycles. The van der Waals surface area contributed by atoms with Gasteiger partial charge in [0.2, 0.25) is 11.8 Å². The van der Waals surface area contributed by atoms with Gasteiger partial charge in [-0.1, -0.05) is 6.07 Å². The molecule has 3 N–H and O–H groups in total. The number of imide groups is 1. The van der Waals surface area contributed by atoms with Crippen molar-refractivity contribution >= 4 is 23.4 Å². The summed E-state index contributed by atoms with van der Waals surface area (Å²) in [5.41, 5.74) is 2.28. The van der Waals surface area contributed by atoms with Crippen LogP contribution in [0.15, 0.2) is 18.2 Å². The highest BCUT2D eigenvalue weighted by atomic mass is 16.6. The van der Waals surface area contributed by atoms with Crippen molar-refractivity contribution in [2.45, 2.75) is 44.4 Å². The Morgan fingerprint density at radius 3 is 2.15 bits per heavy atom. The summed E-state index contributed by atoms with van der Waals surface area (Å²) in [5, 5.41) is 8.98. The predicted molar refractivity (Wildman–Crippen MR) is 146 cm³/mol. The molecule has 0 saturated carbocycles. The third kappa shape index (κ3) is 9.22. The van der Waals surface area contributed by atoms with E-state index in [1.807, 2.05) is 12.1 Å². The molecule has 3 aliphatic rings. The number of nitrogens with zero attached hydrogens (tertiary/aromatic N) is 1. The zero-order valence-corrected chi connectivity index (χ0v) is 23.1. The molecule has 3 amide bonds. The van der Waals surface area contributed by atoms with Crippen molar-refractivity contribution in [1.82, 2.24) is 15.5 Å². The topological polar surface area (TPSA) is 137 Å². The van der Waals surface area contributed by atoms with E-state index in [4.69, 9.17) is 23.7 Å². The maximum atomic E-state index is 12.9. The van der Waals surface area contributed by atoms with Gasteiger partial charge in [-0.25, -0.2) is 0 Å². The number of benzene rings is 1. The first-order chi connectivity index (χ1) is 19.6. The Bertz CT molecular complexity index is 972. The Morgan fingerprint density at radius 1 is 0.825 bits per heavy atom. The van der Waals surface area contributed by atoms with E-state index in [-0.39, 0.29) is 18.2 Å². The van der Waals surface area contributed by atoms with Crippen molar-refractivity contribution in [1.29, 1.82) is 0 Å². The van der Waals surface area contributed by atoms with Gasteiger partial charge in [0, 0.05) is 36.3 Å². The third-order valence-electron chi connectivity index (χ3n) is 7.13. The van der Waals surface area contributed by atoms with Crippen LogP contribution in [0.2, 0.25) is 0 Å². The molecule has 0 spiro atoms. The molecule has 1 atom stereocenters. The summed E-state index contributed by atoms with van der Waals surface area (Å²) in [4.78, 5) is 38.2. The molecule has 2 saturated heterocycles. The molecule has 1 aromatic carbocycles. The lowest BCUT2D eigenvalue weighted by atomic mass is 10.0. The van der Waals surface area contributed by atoms with Crippen molar-refractivity contribution in [2.24, 2.45) is 0 Å². The number of nitrogens with one attached hydrogen (secondary N) is 3. The molecular formula is C28H42N4O8. The standard InChI is InChI=1S/C28H42N4O8/c33-26-5-4-25(27(34)31-26)32-20-23-22(28(32)35)2-1-3-24(23)30-10-11-36-12-13-37-14-15-38-16-17-39-18-19-40-21-6-8-29-9-7-21/h1-3,21,25,29-30H,4-20H2,(H,31,33,34). The summed E-state index contributed by atoms with van der Waals surface area (Å²) in [6.45, 7) is 7.65. The zero-order chi connectivity index (χ0) is 28.0. The second-order valence-electron chi connectivity index (χ2n) is 9.93. The Balaban J connectivity index is 0.982. The molecule has 12 heteroatoms. The maximum absolute atomic E-state index is 12.9. The number of carbonyl (C=O) groups is 3. The largest absolute Gasteiger partial charge is 0.382 e. The van der Waals surface area contributed by atoms with Crippen LogP contribution in [-0.4, -0.2) is 114 Å². The van der Waals surface area contributed by atoms with Crippen molar-refractivity contribution in [3.8, 4) is 0 Å². The molecule has 4 rings (SSSR count). The van der Waals surface area contributed by atoms with Gasteiger partial charge in [0.25, 0.3) is 5.91 Å². The number of anilines is 1. The Labute approximate surface area is 235 Å². The van der Waals surface area contributed by atoms with Gasteiger partial charge >= 0.3 is 0 Å². The fraction of sp³-hybridized carbons (Fsp3) is 0.679. The van der Waals surface area contributed by atoms with E-state index in [1.165, 1.54) is 0 Å². The van der Waals surface area contributed by atoms with Gasteiger partial charge in [-0.15, -0.1) is 0 Å². The van der Waals surface area contributed by atoms with Gasteiger partial charge < -0.3 is 39.2 Å². The Hall–Kier alpha value is -2.61. The summed E-state index contributed by atoms with van der Waals surface area (Å²) in [6.07, 6.45) is 3.07. The van der Waals surface area contributed by atoms with Gasteiger partial charge in [-0.2, -0.15) is 0 Å². The van der Waals surface area contributed by atoms with Gasteiger partial charge in [0.15, 0.2) is 0 Å². The van der Waals surface area contributed by atoms with Crippen LogP contribution in [0.5, 0.6) is 0 Å². The van der Waals surface area contributed by atoms with Gasteiger partial charge in [0.05, 0.1) is 65.6 Å². The van der Waals surface area contributed by atoms with E-state index >= 15 is 0 Å². The molecule has 2 fully saturated rings. The Kier molecular flexibility index (Phi) is 12.6. The molecule has 0 aliphatic carbocycles. The number of hydrogen-bond donors (Lipinski definition) is 3. The van der Waals surface area contributed by atoms with Crippen LogP contribution >= 0.6 is 0 Å². The van der Waals surface area contributed by atoms with Crippen LogP contribution in [0.1, 0.15) is 41.6 Å². The molecule has 12 nitrogen and oxygen atoms in total. The van der Waals surface area contributed by atoms with Crippen LogP contribution < -0.4 is 16.0 Å². The highest BCUT2D eigenvalue weighted by Gasteiger charge is 2.39. The number of carbonyl (C=O) groups excluding carboxylic acids is 3. The minimum atomic E-state index is -0.624. The quantitative estimate of drug-likeness (QED) is 0.173. The highest BCUT2D eigenvalue weighted by Crippen LogP contribution is 2.32. The van der Waals surface area contributed by atoms with Crippen LogP contribution in [-0.2, 0) is 39.8 Å². The lowest BCUT2D eigenvalue weighted by molar-refractivity contribution is -0.136. The second kappa shape index (κ2) is 16.6. The number of hydrogen-bond acceptors (Lipinski definition) is 10. The third-order valence-corrected chi connectivity index (χ3v) is 7.13. The summed E-state index contributed by atoms with van der Waals surface area (Å²) in [6, 6.07) is 4.88. The number of amides is 3. The normalized spacial score (nSPS) is 19.6. The van der Waals surface area contributed by atoms with Crippen molar-refractivity contribution in [3.05, 3.63) is 29.3 Å². The van der Waals surface area contributed by atoms with E-state index in [2.05, 4.69) is 16.0 Å². The summed E-state index contributed by atoms with van der Waals surface area (Å²) >= 11 is 0. The molecule has 222 valence electrons. The lowest BCUT2D eigenvalue weighted by Crippen LogP contribution is -2.52. The monoisotopic (exact) mass is 562 g/mol. The second-order valence-corrected chi connectivity index (χ2v) is 9.93. The SMILES string of the molecule is O=C1CCC(N2Cc3c(NCCOCCOCCOCCOCCOC4CCNCC4)cccc3C2=O)C(=O)N1. The van der Waals surface area contributed by atoms with Crippen LogP contribution in [0.25, 0.3) is 0 Å². The van der Waals surface area contributed by atoms with Crippen LogP contribution in [0.3, 0.4) is 0 Å². The van der Waals surface area contributed by atoms with Crippen molar-refractivity contribution in [3.63, 3.8) is 0 Å². The average molecular weight is 563 g/mol. The summed E-state index contributed by atoms with van der Waals surface area (Å²) < 4.78 is 28.0. The molecule has 0 bridgehead atoms. The molecule has 0 aromatic heterocycles. The van der Waals surface area contributed by atoms with Gasteiger partial charge in [-0.05, 0) is 44.5 Å². The molecule has 0 radical (unpaired) electrons. The molecule has 1 aromatic rings. The van der Waals surface area contributed by atoms with E-state index in [0.29, 0.717) is 90.6 Å². The van der Waals surface area contributed by atoms with Crippen molar-refractivity contribution < 1.29 is 38.1 Å². The van der Waals surface area contributed by atoms with Gasteiger partial charge in [0.1, 0.15) is 6.04 Å². The first kappa shape index (κ1) is 30.4. The van der Waals surface area contributed by atoms with E-state index in [9.17, 15) is 14.4 Å². The molecule has 40 heavy (non-hydrogen) atoms. The predicted octanol–water partition coefficient (Wildman–Crippen LogP) is 0.695. The molecule has 3 heterocycles. The summed E-state index contributed by atoms with van der Waals surface area (Å²) in [5.74, 6) is -0.889. The number of fused-ring (bicyclic) bond motifs is 1.